The van der Waals surface area contributed by atoms with Crippen LogP contribution in [0, 0.1) is 0 Å². The molecule has 0 fully saturated rings. The largest absolute Gasteiger partial charge is 0.497 e. The van der Waals surface area contributed by atoms with Gasteiger partial charge in [0.05, 0.1) is 18.4 Å². The number of nitrogens with zero attached hydrogens (tertiary/aromatic N) is 1. The van der Waals surface area contributed by atoms with E-state index in [4.69, 9.17) is 9.57 Å². The maximum atomic E-state index is 11.7. The third kappa shape index (κ3) is 3.45. The molecule has 0 aliphatic heterocycles. The number of benzene rings is 2. The highest BCUT2D eigenvalue weighted by molar-refractivity contribution is 5.99. The van der Waals surface area contributed by atoms with Crippen molar-refractivity contribution in [3.8, 4) is 5.75 Å². The highest BCUT2D eigenvalue weighted by Gasteiger charge is 2.06. The van der Waals surface area contributed by atoms with Gasteiger partial charge in [0.25, 0.3) is 0 Å². The van der Waals surface area contributed by atoms with Crippen LogP contribution in [0.1, 0.15) is 22.8 Å². The average molecular weight is 269 g/mol. The van der Waals surface area contributed by atoms with Gasteiger partial charge in [-0.25, -0.2) is 4.79 Å². The number of hydrogen-bond acceptors (Lipinski definition) is 4. The molecule has 2 aromatic rings. The van der Waals surface area contributed by atoms with Crippen LogP contribution in [0.2, 0.25) is 0 Å². The lowest BCUT2D eigenvalue weighted by Gasteiger charge is -2.03. The monoisotopic (exact) mass is 269 g/mol. The molecule has 0 saturated carbocycles. The standard InChI is InChI=1S/C16H15NO3/c1-12(13-8-10-15(19-2)11-9-13)17-20-16(18)14-6-4-3-5-7-14/h3-11H,1-2H3/b17-12+. The summed E-state index contributed by atoms with van der Waals surface area (Å²) in [6, 6.07) is 16.1. The topological polar surface area (TPSA) is 47.9 Å². The van der Waals surface area contributed by atoms with Crippen molar-refractivity contribution in [1.29, 1.82) is 0 Å². The molecule has 0 amide bonds. The zero-order chi connectivity index (χ0) is 14.4. The minimum atomic E-state index is -0.474. The Morgan fingerprint density at radius 1 is 0.950 bits per heavy atom. The summed E-state index contributed by atoms with van der Waals surface area (Å²) in [5, 5.41) is 3.85. The summed E-state index contributed by atoms with van der Waals surface area (Å²) in [6.07, 6.45) is 0. The number of rotatable bonds is 4. The lowest BCUT2D eigenvalue weighted by Crippen LogP contribution is -2.03. The van der Waals surface area contributed by atoms with E-state index in [0.29, 0.717) is 11.3 Å². The molecule has 0 bridgehead atoms. The summed E-state index contributed by atoms with van der Waals surface area (Å²) in [7, 11) is 1.61. The second-order valence-electron chi connectivity index (χ2n) is 4.15. The van der Waals surface area contributed by atoms with Gasteiger partial charge in [-0.1, -0.05) is 23.4 Å². The van der Waals surface area contributed by atoms with Crippen molar-refractivity contribution in [3.63, 3.8) is 0 Å². The van der Waals surface area contributed by atoms with E-state index < -0.39 is 5.97 Å². The predicted molar refractivity (Wildman–Crippen MR) is 77.1 cm³/mol. The summed E-state index contributed by atoms with van der Waals surface area (Å²) in [5.74, 6) is 0.293. The van der Waals surface area contributed by atoms with Crippen molar-refractivity contribution < 1.29 is 14.4 Å². The smallest absolute Gasteiger partial charge is 0.365 e. The molecule has 0 aliphatic carbocycles. The first-order valence-electron chi connectivity index (χ1n) is 6.16. The maximum absolute atomic E-state index is 11.7. The summed E-state index contributed by atoms with van der Waals surface area (Å²) in [5.41, 5.74) is 1.96. The SMILES string of the molecule is COc1ccc(/C(C)=N/OC(=O)c2ccccc2)cc1. The second-order valence-corrected chi connectivity index (χ2v) is 4.15. The predicted octanol–water partition coefficient (Wildman–Crippen LogP) is 3.28. The zero-order valence-corrected chi connectivity index (χ0v) is 11.4. The van der Waals surface area contributed by atoms with E-state index in [1.807, 2.05) is 30.3 Å². The quantitative estimate of drug-likeness (QED) is 0.486. The summed E-state index contributed by atoms with van der Waals surface area (Å²) in [4.78, 5) is 16.7. The fraction of sp³-hybridized carbons (Fsp3) is 0.125. The van der Waals surface area contributed by atoms with E-state index in [9.17, 15) is 4.79 Å². The van der Waals surface area contributed by atoms with Crippen molar-refractivity contribution in [3.05, 3.63) is 65.7 Å². The van der Waals surface area contributed by atoms with E-state index >= 15 is 0 Å². The summed E-state index contributed by atoms with van der Waals surface area (Å²) < 4.78 is 5.08. The molecule has 20 heavy (non-hydrogen) atoms. The summed E-state index contributed by atoms with van der Waals surface area (Å²) in [6.45, 7) is 1.78. The van der Waals surface area contributed by atoms with E-state index in [1.54, 1.807) is 38.3 Å². The van der Waals surface area contributed by atoms with Gasteiger partial charge in [-0.2, -0.15) is 0 Å². The Bertz CT molecular complexity index is 603. The lowest BCUT2D eigenvalue weighted by molar-refractivity contribution is 0.0516. The van der Waals surface area contributed by atoms with Crippen LogP contribution in [0.15, 0.2) is 59.8 Å². The van der Waals surface area contributed by atoms with Crippen molar-refractivity contribution in [2.45, 2.75) is 6.92 Å². The minimum absolute atomic E-state index is 0.471. The van der Waals surface area contributed by atoms with Crippen LogP contribution in [0.3, 0.4) is 0 Å². The fourth-order valence-corrected chi connectivity index (χ4v) is 1.62. The highest BCUT2D eigenvalue weighted by atomic mass is 16.7. The Labute approximate surface area is 117 Å². The number of carbonyl (C=O) groups is 1. The highest BCUT2D eigenvalue weighted by Crippen LogP contribution is 2.12. The molecule has 0 aromatic heterocycles. The zero-order valence-electron chi connectivity index (χ0n) is 11.4. The van der Waals surface area contributed by atoms with E-state index in [0.717, 1.165) is 11.3 Å². The van der Waals surface area contributed by atoms with Crippen LogP contribution in [0.25, 0.3) is 0 Å². The second kappa shape index (κ2) is 6.52. The first kappa shape index (κ1) is 13.8. The van der Waals surface area contributed by atoms with E-state index in [2.05, 4.69) is 5.16 Å². The van der Waals surface area contributed by atoms with Gasteiger partial charge in [0.2, 0.25) is 0 Å². The van der Waals surface area contributed by atoms with Crippen LogP contribution in [-0.2, 0) is 4.84 Å². The van der Waals surface area contributed by atoms with Crippen molar-refractivity contribution in [1.82, 2.24) is 0 Å². The van der Waals surface area contributed by atoms with Crippen molar-refractivity contribution >= 4 is 11.7 Å². The number of ether oxygens (including phenoxy) is 1. The van der Waals surface area contributed by atoms with Crippen molar-refractivity contribution in [2.24, 2.45) is 5.16 Å². The van der Waals surface area contributed by atoms with Gasteiger partial charge >= 0.3 is 5.97 Å². The Kier molecular flexibility index (Phi) is 4.50. The molecule has 0 saturated heterocycles. The molecule has 2 aromatic carbocycles. The number of methoxy groups -OCH3 is 1. The van der Waals surface area contributed by atoms with Crippen LogP contribution >= 0.6 is 0 Å². The molecule has 102 valence electrons. The van der Waals surface area contributed by atoms with Gasteiger partial charge in [-0.05, 0) is 48.9 Å². The molecule has 4 heteroatoms. The molecule has 0 spiro atoms. The Balaban J connectivity index is 2.05. The first-order chi connectivity index (χ1) is 9.70. The maximum Gasteiger partial charge on any atom is 0.365 e. The lowest BCUT2D eigenvalue weighted by atomic mass is 10.1. The third-order valence-electron chi connectivity index (χ3n) is 2.78. The molecular formula is C16H15NO3. The number of oxime groups is 1. The summed E-state index contributed by atoms with van der Waals surface area (Å²) >= 11 is 0. The molecule has 0 N–H and O–H groups in total. The molecule has 0 heterocycles. The third-order valence-corrected chi connectivity index (χ3v) is 2.78. The van der Waals surface area contributed by atoms with Crippen LogP contribution < -0.4 is 4.74 Å². The van der Waals surface area contributed by atoms with Crippen LogP contribution in [-0.4, -0.2) is 18.8 Å². The fourth-order valence-electron chi connectivity index (χ4n) is 1.62. The van der Waals surface area contributed by atoms with Crippen LogP contribution in [0.4, 0.5) is 0 Å². The van der Waals surface area contributed by atoms with Gasteiger partial charge < -0.3 is 9.57 Å². The minimum Gasteiger partial charge on any atom is -0.497 e. The van der Waals surface area contributed by atoms with E-state index in [1.165, 1.54) is 0 Å². The molecule has 0 radical (unpaired) electrons. The first-order valence-corrected chi connectivity index (χ1v) is 6.16. The molecule has 0 atom stereocenters. The molecule has 0 aliphatic rings. The molecular weight excluding hydrogens is 254 g/mol. The van der Waals surface area contributed by atoms with Crippen molar-refractivity contribution in [2.75, 3.05) is 7.11 Å². The number of carbonyl (C=O) groups excluding carboxylic acids is 1. The van der Waals surface area contributed by atoms with Gasteiger partial charge in [0.15, 0.2) is 0 Å². The normalized spacial score (nSPS) is 11.0. The van der Waals surface area contributed by atoms with Gasteiger partial charge in [-0.15, -0.1) is 0 Å². The van der Waals surface area contributed by atoms with Gasteiger partial charge in [0.1, 0.15) is 5.75 Å². The Morgan fingerprint density at radius 3 is 2.20 bits per heavy atom. The van der Waals surface area contributed by atoms with E-state index in [-0.39, 0.29) is 0 Å². The molecule has 2 rings (SSSR count). The van der Waals surface area contributed by atoms with Gasteiger partial charge in [-0.3, -0.25) is 0 Å². The Hall–Kier alpha value is -2.62. The molecule has 0 unspecified atom stereocenters. The average Bonchev–Trinajstić information content (AvgIpc) is 2.53. The van der Waals surface area contributed by atoms with Gasteiger partial charge in [0, 0.05) is 0 Å². The molecule has 4 nitrogen and oxygen atoms in total. The van der Waals surface area contributed by atoms with Crippen LogP contribution in [0.5, 0.6) is 5.75 Å². The Morgan fingerprint density at radius 2 is 1.60 bits per heavy atom. The number of hydrogen-bond donors (Lipinski definition) is 0.